The Balaban J connectivity index is 0.000000277. The number of rotatable bonds is 2. The molecule has 0 aliphatic carbocycles. The van der Waals surface area contributed by atoms with Crippen molar-refractivity contribution in [1.82, 2.24) is 0 Å². The van der Waals surface area contributed by atoms with E-state index in [1.54, 1.807) is 0 Å². The van der Waals surface area contributed by atoms with Crippen LogP contribution < -0.4 is 10.6 Å². The predicted molar refractivity (Wildman–Crippen MR) is 89.3 cm³/mol. The molecule has 1 aliphatic heterocycles. The Morgan fingerprint density at radius 3 is 2.28 bits per heavy atom. The number of fused-ring (bicyclic) bond motifs is 1. The van der Waals surface area contributed by atoms with E-state index in [0.717, 1.165) is 19.5 Å². The highest BCUT2D eigenvalue weighted by atomic mass is 19.4. The largest absolute Gasteiger partial charge is 0.490 e. The van der Waals surface area contributed by atoms with Crippen molar-refractivity contribution in [3.8, 4) is 0 Å². The van der Waals surface area contributed by atoms with Gasteiger partial charge >= 0.3 is 12.1 Å². The van der Waals surface area contributed by atoms with Gasteiger partial charge in [-0.15, -0.1) is 0 Å². The molecule has 134 valence electrons. The van der Waals surface area contributed by atoms with Gasteiger partial charge in [-0.2, -0.15) is 13.2 Å². The van der Waals surface area contributed by atoms with E-state index in [-0.39, 0.29) is 6.04 Å². The summed E-state index contributed by atoms with van der Waals surface area (Å²) in [7, 11) is 0. The van der Waals surface area contributed by atoms with Crippen LogP contribution in [0.4, 0.5) is 18.9 Å². The average Bonchev–Trinajstić information content (AvgIpc) is 2.55. The quantitative estimate of drug-likeness (QED) is 0.871. The second-order valence-electron chi connectivity index (χ2n) is 5.76. The van der Waals surface area contributed by atoms with Crippen LogP contribution in [0.1, 0.15) is 11.1 Å². The molecule has 1 atom stereocenters. The van der Waals surface area contributed by atoms with E-state index in [1.165, 1.54) is 16.8 Å². The minimum absolute atomic E-state index is 0.239. The molecule has 0 radical (unpaired) electrons. The molecule has 4 nitrogen and oxygen atoms in total. The van der Waals surface area contributed by atoms with Gasteiger partial charge in [0.25, 0.3) is 0 Å². The summed E-state index contributed by atoms with van der Waals surface area (Å²) in [5.74, 6) is -2.76. The molecule has 0 aromatic heterocycles. The number of halogens is 3. The topological polar surface area (TPSA) is 66.6 Å². The summed E-state index contributed by atoms with van der Waals surface area (Å²) in [6.07, 6.45) is -4.10. The van der Waals surface area contributed by atoms with Crippen LogP contribution in [-0.4, -0.2) is 29.8 Å². The van der Waals surface area contributed by atoms with Crippen molar-refractivity contribution in [2.24, 2.45) is 5.73 Å². The number of carboxylic acids is 1. The number of alkyl halides is 3. The van der Waals surface area contributed by atoms with Gasteiger partial charge in [0.05, 0.1) is 0 Å². The number of nitrogens with zero attached hydrogens (tertiary/aromatic N) is 1. The van der Waals surface area contributed by atoms with Crippen LogP contribution >= 0.6 is 0 Å². The van der Waals surface area contributed by atoms with Crippen LogP contribution in [0, 0.1) is 0 Å². The first-order valence-electron chi connectivity index (χ1n) is 7.70. The number of carbonyl (C=O) groups is 1. The number of carboxylic acid groups (broad SMARTS) is 1. The zero-order chi connectivity index (χ0) is 18.4. The average molecular weight is 352 g/mol. The number of benzene rings is 2. The molecule has 0 bridgehead atoms. The van der Waals surface area contributed by atoms with Gasteiger partial charge in [0.2, 0.25) is 0 Å². The monoisotopic (exact) mass is 352 g/mol. The minimum atomic E-state index is -5.08. The van der Waals surface area contributed by atoms with Crippen LogP contribution in [0.3, 0.4) is 0 Å². The Labute approximate surface area is 143 Å². The van der Waals surface area contributed by atoms with Crippen molar-refractivity contribution in [2.45, 2.75) is 25.2 Å². The molecule has 2 aromatic rings. The minimum Gasteiger partial charge on any atom is -0.475 e. The predicted octanol–water partition coefficient (Wildman–Crippen LogP) is 3.21. The highest BCUT2D eigenvalue weighted by Gasteiger charge is 2.38. The van der Waals surface area contributed by atoms with Gasteiger partial charge in [-0.05, 0) is 23.6 Å². The molecule has 7 heteroatoms. The third-order valence-corrected chi connectivity index (χ3v) is 3.73. The molecule has 25 heavy (non-hydrogen) atoms. The third kappa shape index (κ3) is 5.49. The van der Waals surface area contributed by atoms with Gasteiger partial charge in [-0.1, -0.05) is 48.5 Å². The molecular formula is C18H19F3N2O2. The highest BCUT2D eigenvalue weighted by Crippen LogP contribution is 2.27. The molecule has 0 spiro atoms. The van der Waals surface area contributed by atoms with E-state index >= 15 is 0 Å². The van der Waals surface area contributed by atoms with E-state index in [4.69, 9.17) is 15.6 Å². The molecule has 2 aromatic carbocycles. The van der Waals surface area contributed by atoms with Crippen LogP contribution in [-0.2, 0) is 17.8 Å². The van der Waals surface area contributed by atoms with Gasteiger partial charge in [-0.25, -0.2) is 4.79 Å². The zero-order valence-electron chi connectivity index (χ0n) is 13.4. The fraction of sp³-hybridized carbons (Fsp3) is 0.278. The van der Waals surface area contributed by atoms with Crippen molar-refractivity contribution in [3.63, 3.8) is 0 Å². The molecule has 0 saturated carbocycles. The molecule has 0 amide bonds. The normalized spacial score (nSPS) is 16.5. The molecular weight excluding hydrogens is 333 g/mol. The summed E-state index contributed by atoms with van der Waals surface area (Å²) in [4.78, 5) is 11.3. The molecule has 3 rings (SSSR count). The summed E-state index contributed by atoms with van der Waals surface area (Å²) < 4.78 is 31.7. The van der Waals surface area contributed by atoms with E-state index in [0.29, 0.717) is 0 Å². The second-order valence-corrected chi connectivity index (χ2v) is 5.76. The maximum absolute atomic E-state index is 10.6. The van der Waals surface area contributed by atoms with E-state index in [1.807, 2.05) is 0 Å². The molecule has 1 heterocycles. The molecule has 1 aliphatic rings. The molecule has 0 saturated heterocycles. The van der Waals surface area contributed by atoms with E-state index < -0.39 is 12.1 Å². The lowest BCUT2D eigenvalue weighted by Crippen LogP contribution is -2.42. The highest BCUT2D eigenvalue weighted by molar-refractivity contribution is 5.73. The van der Waals surface area contributed by atoms with Gasteiger partial charge in [0.1, 0.15) is 0 Å². The number of hydrogen-bond donors (Lipinski definition) is 2. The standard InChI is InChI=1S/C16H18N2.C2HF3O2/c17-15-10-14-8-4-5-9-16(14)18(12-15)11-13-6-2-1-3-7-13;3-2(4,5)1(6)7/h1-9,15H,10-12,17H2;(H,6,7). The molecule has 0 fully saturated rings. The number of nitrogens with two attached hydrogens (primary N) is 1. The lowest BCUT2D eigenvalue weighted by atomic mass is 9.98. The molecule has 3 N–H and O–H groups in total. The van der Waals surface area contributed by atoms with E-state index in [9.17, 15) is 13.2 Å². The third-order valence-electron chi connectivity index (χ3n) is 3.73. The zero-order valence-corrected chi connectivity index (χ0v) is 13.4. The summed E-state index contributed by atoms with van der Waals surface area (Å²) >= 11 is 0. The van der Waals surface area contributed by atoms with Crippen LogP contribution in [0.15, 0.2) is 54.6 Å². The van der Waals surface area contributed by atoms with Crippen LogP contribution in [0.5, 0.6) is 0 Å². The first kappa shape index (κ1) is 18.8. The Hall–Kier alpha value is -2.54. The van der Waals surface area contributed by atoms with Crippen LogP contribution in [0.2, 0.25) is 0 Å². The fourth-order valence-corrected chi connectivity index (χ4v) is 2.67. The number of para-hydroxylation sites is 1. The van der Waals surface area contributed by atoms with Gasteiger partial charge < -0.3 is 15.7 Å². The Morgan fingerprint density at radius 2 is 1.68 bits per heavy atom. The van der Waals surface area contributed by atoms with Crippen molar-refractivity contribution < 1.29 is 23.1 Å². The maximum atomic E-state index is 10.6. The smallest absolute Gasteiger partial charge is 0.475 e. The van der Waals surface area contributed by atoms with Crippen molar-refractivity contribution in [3.05, 3.63) is 65.7 Å². The van der Waals surface area contributed by atoms with E-state index in [2.05, 4.69) is 59.5 Å². The fourth-order valence-electron chi connectivity index (χ4n) is 2.67. The molecule has 1 unspecified atom stereocenters. The summed E-state index contributed by atoms with van der Waals surface area (Å²) in [6.45, 7) is 1.87. The second kappa shape index (κ2) is 8.02. The van der Waals surface area contributed by atoms with Crippen LogP contribution in [0.25, 0.3) is 0 Å². The van der Waals surface area contributed by atoms with Crippen molar-refractivity contribution >= 4 is 11.7 Å². The van der Waals surface area contributed by atoms with Gasteiger partial charge in [0, 0.05) is 24.8 Å². The lowest BCUT2D eigenvalue weighted by molar-refractivity contribution is -0.192. The Bertz CT molecular complexity index is 705. The Kier molecular flexibility index (Phi) is 6.03. The van der Waals surface area contributed by atoms with Gasteiger partial charge in [0.15, 0.2) is 0 Å². The Morgan fingerprint density at radius 1 is 1.12 bits per heavy atom. The number of aliphatic carboxylic acids is 1. The SMILES string of the molecule is NC1Cc2ccccc2N(Cc2ccccc2)C1.O=C(O)C(F)(F)F. The van der Waals surface area contributed by atoms with Gasteiger partial charge in [-0.3, -0.25) is 0 Å². The summed E-state index contributed by atoms with van der Waals surface area (Å²) in [5.41, 5.74) is 10.2. The first-order chi connectivity index (χ1) is 11.8. The summed E-state index contributed by atoms with van der Waals surface area (Å²) in [5, 5.41) is 7.12. The van der Waals surface area contributed by atoms with Crippen molar-refractivity contribution in [2.75, 3.05) is 11.4 Å². The maximum Gasteiger partial charge on any atom is 0.490 e. The lowest BCUT2D eigenvalue weighted by Gasteiger charge is -2.34. The first-order valence-corrected chi connectivity index (χ1v) is 7.70. The number of hydrogen-bond acceptors (Lipinski definition) is 3. The van der Waals surface area contributed by atoms with Crippen molar-refractivity contribution in [1.29, 1.82) is 0 Å². The number of anilines is 1. The summed E-state index contributed by atoms with van der Waals surface area (Å²) in [6, 6.07) is 19.4.